The van der Waals surface area contributed by atoms with Crippen molar-refractivity contribution < 1.29 is 8.42 Å². The minimum atomic E-state index is -3.81. The molecule has 186 valence electrons. The van der Waals surface area contributed by atoms with Crippen LogP contribution >= 0.6 is 34.6 Å². The first-order valence-electron chi connectivity index (χ1n) is 10.9. The number of thioether (sulfide) groups is 1. The average Bonchev–Trinajstić information content (AvgIpc) is 2.87. The zero-order chi connectivity index (χ0) is 25.8. The summed E-state index contributed by atoms with van der Waals surface area (Å²) in [6.45, 7) is 16.9. The van der Waals surface area contributed by atoms with E-state index in [0.717, 1.165) is 48.7 Å². The van der Waals surface area contributed by atoms with Gasteiger partial charge in [0.1, 0.15) is 4.90 Å². The molecule has 35 heavy (non-hydrogen) atoms. The quantitative estimate of drug-likeness (QED) is 0.181. The number of para-hydroxylation sites is 1. The molecule has 0 unspecified atom stereocenters. The Balaban J connectivity index is 1.71. The first kappa shape index (κ1) is 27.2. The van der Waals surface area contributed by atoms with Crippen molar-refractivity contribution in [2.24, 2.45) is 10.7 Å². The van der Waals surface area contributed by atoms with Gasteiger partial charge in [-0.05, 0) is 54.6 Å². The summed E-state index contributed by atoms with van der Waals surface area (Å²) < 4.78 is 27.8. The van der Waals surface area contributed by atoms with Gasteiger partial charge < -0.3 is 15.5 Å². The Morgan fingerprint density at radius 3 is 2.29 bits per heavy atom. The summed E-state index contributed by atoms with van der Waals surface area (Å²) in [5, 5.41) is 1.90. The Bertz CT molecular complexity index is 1250. The van der Waals surface area contributed by atoms with Gasteiger partial charge in [0.25, 0.3) is 10.0 Å². The van der Waals surface area contributed by atoms with Gasteiger partial charge in [-0.25, -0.2) is 10.9 Å². The lowest BCUT2D eigenvalue weighted by atomic mass is 10.1. The van der Waals surface area contributed by atoms with Gasteiger partial charge in [0.05, 0.1) is 45.6 Å². The molecule has 3 rings (SSSR count). The second-order valence-corrected chi connectivity index (χ2v) is 12.1. The number of benzene rings is 2. The molecule has 1 aliphatic rings. The summed E-state index contributed by atoms with van der Waals surface area (Å²) in [6.07, 6.45) is 1.97. The standard InChI is InChI=1S/C25H30IN5O2S2/c1-18-7-6-8-24(25(18)28-4)35(32,33)31(26)22-11-9-21(10-12-22)19(2)29-13-15-30(16-14-29)20(3)23(27)17-34-5/h6-12,17H,2-4,13-16,27H2,1,5H3/b23-17-. The maximum Gasteiger partial charge on any atom is 0.274 e. The van der Waals surface area contributed by atoms with Crippen molar-refractivity contribution in [3.63, 3.8) is 0 Å². The van der Waals surface area contributed by atoms with Crippen LogP contribution in [0.5, 0.6) is 0 Å². The van der Waals surface area contributed by atoms with E-state index in [2.05, 4.69) is 34.7 Å². The minimum absolute atomic E-state index is 0.128. The van der Waals surface area contributed by atoms with Gasteiger partial charge in [-0.1, -0.05) is 37.4 Å². The Morgan fingerprint density at radius 1 is 1.11 bits per heavy atom. The number of nitrogens with zero attached hydrogens (tertiary/aromatic N) is 4. The molecule has 0 bridgehead atoms. The van der Waals surface area contributed by atoms with E-state index in [4.69, 9.17) is 5.73 Å². The van der Waals surface area contributed by atoms with Crippen LogP contribution < -0.4 is 8.25 Å². The SMILES string of the molecule is C=Nc1c(C)cccc1S(=O)(=O)N(I)c1ccc(C(=C)N2CCN(C(=C)/C(N)=C/SC)CC2)cc1. The summed E-state index contributed by atoms with van der Waals surface area (Å²) in [4.78, 5) is 8.48. The van der Waals surface area contributed by atoms with Crippen molar-refractivity contribution in [2.75, 3.05) is 35.0 Å². The monoisotopic (exact) mass is 623 g/mol. The summed E-state index contributed by atoms with van der Waals surface area (Å²) in [5.41, 5.74) is 11.1. The fraction of sp³-hybridized carbons (Fsp3) is 0.240. The van der Waals surface area contributed by atoms with Crippen molar-refractivity contribution in [1.29, 1.82) is 0 Å². The summed E-state index contributed by atoms with van der Waals surface area (Å²) in [7, 11) is -3.81. The molecule has 2 N–H and O–H groups in total. The maximum absolute atomic E-state index is 13.3. The van der Waals surface area contributed by atoms with Crippen LogP contribution in [-0.2, 0) is 10.0 Å². The topological polar surface area (TPSA) is 82.2 Å². The molecule has 1 saturated heterocycles. The molecule has 0 aromatic heterocycles. The van der Waals surface area contributed by atoms with E-state index < -0.39 is 10.0 Å². The molecule has 1 fully saturated rings. The number of aliphatic imine (C=N–C) groups is 1. The van der Waals surface area contributed by atoms with Gasteiger partial charge in [-0.15, -0.1) is 11.8 Å². The predicted molar refractivity (Wildman–Crippen MR) is 158 cm³/mol. The smallest absolute Gasteiger partial charge is 0.274 e. The lowest BCUT2D eigenvalue weighted by Gasteiger charge is -2.39. The summed E-state index contributed by atoms with van der Waals surface area (Å²) >= 11 is 3.37. The summed E-state index contributed by atoms with van der Waals surface area (Å²) in [5.74, 6) is 0. The van der Waals surface area contributed by atoms with E-state index in [1.807, 2.05) is 59.7 Å². The van der Waals surface area contributed by atoms with E-state index in [9.17, 15) is 8.42 Å². The van der Waals surface area contributed by atoms with Crippen LogP contribution in [0.4, 0.5) is 11.4 Å². The average molecular weight is 624 g/mol. The van der Waals surface area contributed by atoms with Crippen LogP contribution in [0.1, 0.15) is 11.1 Å². The molecule has 10 heteroatoms. The van der Waals surface area contributed by atoms with Crippen LogP contribution in [0.3, 0.4) is 0 Å². The van der Waals surface area contributed by atoms with E-state index in [-0.39, 0.29) is 4.90 Å². The van der Waals surface area contributed by atoms with Crippen molar-refractivity contribution in [3.05, 3.63) is 83.6 Å². The molecule has 0 aliphatic carbocycles. The Morgan fingerprint density at radius 2 is 1.71 bits per heavy atom. The van der Waals surface area contributed by atoms with Gasteiger partial charge in [0.2, 0.25) is 0 Å². The lowest BCUT2D eigenvalue weighted by molar-refractivity contribution is 0.217. The third-order valence-electron chi connectivity index (χ3n) is 5.87. The number of anilines is 1. The molecule has 2 aromatic rings. The van der Waals surface area contributed by atoms with Crippen LogP contribution in [0.25, 0.3) is 5.70 Å². The molecule has 2 aromatic carbocycles. The van der Waals surface area contributed by atoms with Gasteiger partial charge in [-0.3, -0.25) is 4.99 Å². The van der Waals surface area contributed by atoms with Gasteiger partial charge in [0.15, 0.2) is 0 Å². The number of piperazine rings is 1. The molecular formula is C25H30IN5O2S2. The van der Waals surface area contributed by atoms with Crippen LogP contribution in [0.15, 0.2) is 82.3 Å². The van der Waals surface area contributed by atoms with Gasteiger partial charge >= 0.3 is 0 Å². The molecule has 7 nitrogen and oxygen atoms in total. The first-order valence-corrected chi connectivity index (χ1v) is 14.6. The van der Waals surface area contributed by atoms with E-state index >= 15 is 0 Å². The van der Waals surface area contributed by atoms with Crippen LogP contribution in [0.2, 0.25) is 0 Å². The van der Waals surface area contributed by atoms with Crippen molar-refractivity contribution in [3.8, 4) is 0 Å². The highest BCUT2D eigenvalue weighted by atomic mass is 127. The van der Waals surface area contributed by atoms with E-state index in [1.54, 1.807) is 36.0 Å². The fourth-order valence-corrected chi connectivity index (χ4v) is 6.49. The lowest BCUT2D eigenvalue weighted by Crippen LogP contribution is -2.45. The Kier molecular flexibility index (Phi) is 8.94. The van der Waals surface area contributed by atoms with Crippen molar-refractivity contribution >= 4 is 68.4 Å². The third-order valence-corrected chi connectivity index (χ3v) is 9.99. The largest absolute Gasteiger partial charge is 0.397 e. The van der Waals surface area contributed by atoms with Gasteiger partial charge in [0, 0.05) is 31.9 Å². The molecule has 0 atom stereocenters. The number of nitrogens with two attached hydrogens (primary N) is 1. The highest BCUT2D eigenvalue weighted by Gasteiger charge is 2.27. The molecule has 1 heterocycles. The normalized spacial score (nSPS) is 14.5. The van der Waals surface area contributed by atoms with Gasteiger partial charge in [-0.2, -0.15) is 0 Å². The van der Waals surface area contributed by atoms with Crippen LogP contribution in [-0.4, -0.2) is 57.4 Å². The number of hydrogen-bond donors (Lipinski definition) is 1. The maximum atomic E-state index is 13.3. The highest BCUT2D eigenvalue weighted by Crippen LogP contribution is 2.35. The molecular weight excluding hydrogens is 593 g/mol. The predicted octanol–water partition coefficient (Wildman–Crippen LogP) is 5.14. The molecule has 1 aliphatic heterocycles. The fourth-order valence-electron chi connectivity index (χ4n) is 3.85. The minimum Gasteiger partial charge on any atom is -0.397 e. The van der Waals surface area contributed by atoms with Crippen molar-refractivity contribution in [1.82, 2.24) is 9.80 Å². The highest BCUT2D eigenvalue weighted by molar-refractivity contribution is 14.1. The number of halogens is 1. The number of sulfonamides is 1. The second kappa shape index (κ2) is 11.5. The zero-order valence-corrected chi connectivity index (χ0v) is 23.7. The number of hydrogen-bond acceptors (Lipinski definition) is 7. The van der Waals surface area contributed by atoms with E-state index in [0.29, 0.717) is 17.1 Å². The van der Waals surface area contributed by atoms with Crippen molar-refractivity contribution in [2.45, 2.75) is 11.8 Å². The van der Waals surface area contributed by atoms with E-state index in [1.165, 1.54) is 2.52 Å². The molecule has 0 amide bonds. The molecule has 0 saturated carbocycles. The Hall–Kier alpha value is -2.44. The Labute approximate surface area is 226 Å². The molecule has 0 radical (unpaired) electrons. The first-order chi connectivity index (χ1) is 16.6. The third kappa shape index (κ3) is 5.87. The zero-order valence-electron chi connectivity index (χ0n) is 19.9. The van der Waals surface area contributed by atoms with Crippen LogP contribution in [0, 0.1) is 6.92 Å². The number of aryl methyl sites for hydroxylation is 1. The summed E-state index contributed by atoms with van der Waals surface area (Å²) in [6, 6.07) is 12.4. The number of rotatable bonds is 9. The second-order valence-electron chi connectivity index (χ2n) is 8.02. The molecule has 0 spiro atoms.